The summed E-state index contributed by atoms with van der Waals surface area (Å²) >= 11 is 0. The van der Waals surface area contributed by atoms with E-state index in [-0.39, 0.29) is 25.1 Å². The summed E-state index contributed by atoms with van der Waals surface area (Å²) in [4.78, 5) is 36.3. The van der Waals surface area contributed by atoms with E-state index in [4.69, 9.17) is 15.2 Å². The highest BCUT2D eigenvalue weighted by Gasteiger charge is 2.14. The molecular formula is C39H78N2O5. The number of nitrogens with two attached hydrogens (primary N) is 1. The molecule has 2 N–H and O–H groups in total. The second-order valence-corrected chi connectivity index (χ2v) is 13.0. The van der Waals surface area contributed by atoms with E-state index in [9.17, 15) is 14.4 Å². The highest BCUT2D eigenvalue weighted by Crippen LogP contribution is 2.13. The number of carbonyl (C=O) groups excluding carboxylic acids is 3. The fraction of sp³-hybridized carbons (Fsp3) is 0.923. The number of hydrogen-bond acceptors (Lipinski definition) is 6. The monoisotopic (exact) mass is 655 g/mol. The van der Waals surface area contributed by atoms with Gasteiger partial charge in [0.2, 0.25) is 5.91 Å². The Kier molecular flexibility index (Phi) is 41.8. The van der Waals surface area contributed by atoms with Gasteiger partial charge >= 0.3 is 5.97 Å². The minimum Gasteiger partial charge on any atom is -0.466 e. The largest absolute Gasteiger partial charge is 0.466 e. The van der Waals surface area contributed by atoms with Gasteiger partial charge in [0.05, 0.1) is 13.1 Å². The molecule has 0 aliphatic rings. The maximum atomic E-state index is 12.4. The lowest BCUT2D eigenvalue weighted by Crippen LogP contribution is -2.37. The summed E-state index contributed by atoms with van der Waals surface area (Å²) < 4.78 is 10.0. The second-order valence-electron chi connectivity index (χ2n) is 13.0. The van der Waals surface area contributed by atoms with Crippen molar-refractivity contribution in [3.63, 3.8) is 0 Å². The summed E-state index contributed by atoms with van der Waals surface area (Å²) in [5, 5.41) is 0. The third-order valence-corrected chi connectivity index (χ3v) is 8.56. The van der Waals surface area contributed by atoms with Crippen LogP contribution in [0.2, 0.25) is 0 Å². The summed E-state index contributed by atoms with van der Waals surface area (Å²) in [5.41, 5.74) is 5.48. The second kappa shape index (κ2) is 41.4. The standard InChI is InChI=1S/C25H48N2O5.C14H30/c1-2-3-4-5-6-7-8-9-10-11-14-17-25(30)32-22-20-27(19-21-31-23-28)24(29)16-13-12-15-18-26;1-3-5-7-9-11-13-14-12-10-8-6-4-2/h23H,2-22,26H2,1H3;3-14H2,1-2H3. The molecule has 0 fully saturated rings. The van der Waals surface area contributed by atoms with E-state index in [0.717, 1.165) is 32.1 Å². The normalized spacial score (nSPS) is 10.7. The van der Waals surface area contributed by atoms with Crippen molar-refractivity contribution in [3.8, 4) is 0 Å². The SMILES string of the molecule is CCCCCCCCCCCCCC.CCCCCCCCCCCCCC(=O)OCCN(CCOC=O)C(=O)CCCCCN. The zero-order chi connectivity index (χ0) is 34.2. The van der Waals surface area contributed by atoms with E-state index >= 15 is 0 Å². The van der Waals surface area contributed by atoms with Crippen molar-refractivity contribution in [2.45, 2.75) is 201 Å². The Morgan fingerprint density at radius 2 is 0.891 bits per heavy atom. The van der Waals surface area contributed by atoms with Crippen LogP contribution in [0.25, 0.3) is 0 Å². The van der Waals surface area contributed by atoms with Gasteiger partial charge in [-0.15, -0.1) is 0 Å². The molecular weight excluding hydrogens is 576 g/mol. The lowest BCUT2D eigenvalue weighted by molar-refractivity contribution is -0.146. The number of amides is 1. The Morgan fingerprint density at radius 1 is 0.522 bits per heavy atom. The Hall–Kier alpha value is -1.63. The highest BCUT2D eigenvalue weighted by atomic mass is 16.5. The lowest BCUT2D eigenvalue weighted by Gasteiger charge is -2.22. The molecule has 0 rings (SSSR count). The first-order valence-corrected chi connectivity index (χ1v) is 19.8. The van der Waals surface area contributed by atoms with Gasteiger partial charge < -0.3 is 20.1 Å². The molecule has 0 heterocycles. The number of esters is 1. The van der Waals surface area contributed by atoms with Crippen LogP contribution >= 0.6 is 0 Å². The zero-order valence-electron chi connectivity index (χ0n) is 31.0. The van der Waals surface area contributed by atoms with Crippen molar-refractivity contribution < 1.29 is 23.9 Å². The average molecular weight is 655 g/mol. The smallest absolute Gasteiger partial charge is 0.305 e. The van der Waals surface area contributed by atoms with Crippen LogP contribution < -0.4 is 5.73 Å². The molecule has 46 heavy (non-hydrogen) atoms. The van der Waals surface area contributed by atoms with Crippen LogP contribution in [0.5, 0.6) is 0 Å². The van der Waals surface area contributed by atoms with Crippen molar-refractivity contribution in [1.82, 2.24) is 4.90 Å². The predicted octanol–water partition coefficient (Wildman–Crippen LogP) is 10.5. The van der Waals surface area contributed by atoms with Gasteiger partial charge in [0.25, 0.3) is 6.47 Å². The number of nitrogens with zero attached hydrogens (tertiary/aromatic N) is 1. The lowest BCUT2D eigenvalue weighted by atomic mass is 10.1. The van der Waals surface area contributed by atoms with E-state index in [2.05, 4.69) is 20.8 Å². The van der Waals surface area contributed by atoms with Crippen molar-refractivity contribution in [2.24, 2.45) is 5.73 Å². The third-order valence-electron chi connectivity index (χ3n) is 8.56. The minimum absolute atomic E-state index is 0.0158. The first-order valence-electron chi connectivity index (χ1n) is 19.8. The third kappa shape index (κ3) is 38.6. The molecule has 0 unspecified atom stereocenters. The van der Waals surface area contributed by atoms with Gasteiger partial charge in [-0.2, -0.15) is 0 Å². The summed E-state index contributed by atoms with van der Waals surface area (Å²) in [6.45, 7) is 8.76. The van der Waals surface area contributed by atoms with Crippen LogP contribution in [0.15, 0.2) is 0 Å². The van der Waals surface area contributed by atoms with E-state index in [0.29, 0.717) is 38.9 Å². The van der Waals surface area contributed by atoms with Crippen molar-refractivity contribution >= 4 is 18.3 Å². The van der Waals surface area contributed by atoms with Gasteiger partial charge in [-0.1, -0.05) is 168 Å². The molecule has 0 aromatic heterocycles. The number of carbonyl (C=O) groups is 3. The summed E-state index contributed by atoms with van der Waals surface area (Å²) in [7, 11) is 0. The Morgan fingerprint density at radius 3 is 1.30 bits per heavy atom. The minimum atomic E-state index is -0.208. The fourth-order valence-electron chi connectivity index (χ4n) is 5.52. The van der Waals surface area contributed by atoms with Gasteiger partial charge in [-0.05, 0) is 25.8 Å². The quantitative estimate of drug-likeness (QED) is 0.0415. The summed E-state index contributed by atoms with van der Waals surface area (Å²) in [6.07, 6.45) is 34.5. The van der Waals surface area contributed by atoms with Crippen LogP contribution in [-0.2, 0) is 23.9 Å². The molecule has 7 nitrogen and oxygen atoms in total. The topological polar surface area (TPSA) is 98.9 Å². The van der Waals surface area contributed by atoms with Crippen molar-refractivity contribution in [2.75, 3.05) is 32.8 Å². The zero-order valence-corrected chi connectivity index (χ0v) is 31.0. The fourth-order valence-corrected chi connectivity index (χ4v) is 5.52. The maximum Gasteiger partial charge on any atom is 0.305 e. The van der Waals surface area contributed by atoms with Gasteiger partial charge in [0.1, 0.15) is 13.2 Å². The van der Waals surface area contributed by atoms with E-state index in [1.165, 1.54) is 135 Å². The van der Waals surface area contributed by atoms with E-state index in [1.54, 1.807) is 4.90 Å². The first-order chi connectivity index (χ1) is 22.6. The van der Waals surface area contributed by atoms with Crippen LogP contribution in [0, 0.1) is 0 Å². The van der Waals surface area contributed by atoms with Crippen LogP contribution in [-0.4, -0.2) is 56.1 Å². The summed E-state index contributed by atoms with van der Waals surface area (Å²) in [6, 6.07) is 0. The predicted molar refractivity (Wildman–Crippen MR) is 195 cm³/mol. The van der Waals surface area contributed by atoms with Crippen LogP contribution in [0.3, 0.4) is 0 Å². The molecule has 1 amide bonds. The van der Waals surface area contributed by atoms with Crippen LogP contribution in [0.4, 0.5) is 0 Å². The van der Waals surface area contributed by atoms with Gasteiger partial charge in [-0.25, -0.2) is 0 Å². The number of hydrogen-bond donors (Lipinski definition) is 1. The molecule has 274 valence electrons. The Bertz CT molecular complexity index is 620. The molecule has 0 radical (unpaired) electrons. The molecule has 0 aliphatic heterocycles. The molecule has 0 bridgehead atoms. The van der Waals surface area contributed by atoms with E-state index in [1.807, 2.05) is 0 Å². The Balaban J connectivity index is 0. The molecule has 0 aromatic carbocycles. The molecule has 0 aliphatic carbocycles. The molecule has 0 saturated carbocycles. The summed E-state index contributed by atoms with van der Waals surface area (Å²) in [5.74, 6) is -0.224. The number of ether oxygens (including phenoxy) is 2. The first kappa shape index (κ1) is 46.5. The highest BCUT2D eigenvalue weighted by molar-refractivity contribution is 5.76. The molecule has 0 saturated heterocycles. The van der Waals surface area contributed by atoms with Crippen molar-refractivity contribution in [1.29, 1.82) is 0 Å². The Labute approximate surface area is 285 Å². The average Bonchev–Trinajstić information content (AvgIpc) is 3.06. The number of unbranched alkanes of at least 4 members (excludes halogenated alkanes) is 23. The molecule has 0 spiro atoms. The van der Waals surface area contributed by atoms with Gasteiger partial charge in [0.15, 0.2) is 0 Å². The van der Waals surface area contributed by atoms with Crippen molar-refractivity contribution in [3.05, 3.63) is 0 Å². The molecule has 0 aromatic rings. The molecule has 7 heteroatoms. The maximum absolute atomic E-state index is 12.4. The van der Waals surface area contributed by atoms with E-state index < -0.39 is 0 Å². The molecule has 0 atom stereocenters. The van der Waals surface area contributed by atoms with Gasteiger partial charge in [-0.3, -0.25) is 14.4 Å². The number of rotatable bonds is 35. The van der Waals surface area contributed by atoms with Gasteiger partial charge in [0, 0.05) is 12.8 Å². The van der Waals surface area contributed by atoms with Crippen LogP contribution in [0.1, 0.15) is 201 Å².